The highest BCUT2D eigenvalue weighted by molar-refractivity contribution is 7.98. The van der Waals surface area contributed by atoms with Gasteiger partial charge in [-0.1, -0.05) is 17.4 Å². The van der Waals surface area contributed by atoms with Gasteiger partial charge in [-0.05, 0) is 55.5 Å². The van der Waals surface area contributed by atoms with Gasteiger partial charge in [0.2, 0.25) is 0 Å². The van der Waals surface area contributed by atoms with Crippen molar-refractivity contribution in [2.45, 2.75) is 20.4 Å². The van der Waals surface area contributed by atoms with Crippen molar-refractivity contribution in [2.75, 3.05) is 26.2 Å². The summed E-state index contributed by atoms with van der Waals surface area (Å²) < 4.78 is 13.9. The molecule has 3 aromatic rings. The Morgan fingerprint density at radius 1 is 1.14 bits per heavy atom. The molecular formula is C21H24N2O3S2. The van der Waals surface area contributed by atoms with Gasteiger partial charge in [0.1, 0.15) is 0 Å². The van der Waals surface area contributed by atoms with E-state index in [1.165, 1.54) is 15.8 Å². The Hall–Kier alpha value is -2.25. The van der Waals surface area contributed by atoms with Crippen LogP contribution in [0, 0.1) is 13.8 Å². The Labute approximate surface area is 173 Å². The summed E-state index contributed by atoms with van der Waals surface area (Å²) in [6, 6.07) is 9.43. The lowest BCUT2D eigenvalue weighted by atomic mass is 10.1. The summed E-state index contributed by atoms with van der Waals surface area (Å²) in [4.78, 5) is 18.0. The molecule has 0 unspecified atom stereocenters. The first-order valence-electron chi connectivity index (χ1n) is 8.89. The second kappa shape index (κ2) is 8.84. The maximum atomic E-state index is 12.9. The van der Waals surface area contributed by atoms with Crippen molar-refractivity contribution in [3.63, 3.8) is 0 Å². The van der Waals surface area contributed by atoms with Crippen LogP contribution in [0.25, 0.3) is 10.2 Å². The van der Waals surface area contributed by atoms with Crippen LogP contribution in [0.5, 0.6) is 11.5 Å². The van der Waals surface area contributed by atoms with Gasteiger partial charge in [0.05, 0.1) is 24.4 Å². The van der Waals surface area contributed by atoms with Crippen LogP contribution in [0.15, 0.2) is 35.3 Å². The normalized spacial score (nSPS) is 11.8. The molecule has 2 aromatic carbocycles. The van der Waals surface area contributed by atoms with E-state index in [2.05, 4.69) is 41.8 Å². The minimum Gasteiger partial charge on any atom is -0.493 e. The number of nitrogens with zero attached hydrogens (tertiary/aromatic N) is 2. The van der Waals surface area contributed by atoms with Gasteiger partial charge in [-0.2, -0.15) is 16.8 Å². The predicted molar refractivity (Wildman–Crippen MR) is 117 cm³/mol. The van der Waals surface area contributed by atoms with Crippen molar-refractivity contribution in [2.24, 2.45) is 4.99 Å². The molecule has 5 nitrogen and oxygen atoms in total. The lowest BCUT2D eigenvalue weighted by Gasteiger charge is -2.08. The van der Waals surface area contributed by atoms with E-state index in [0.717, 1.165) is 22.6 Å². The van der Waals surface area contributed by atoms with Gasteiger partial charge in [-0.3, -0.25) is 4.79 Å². The third-order valence-corrected chi connectivity index (χ3v) is 6.28. The number of aryl methyl sites for hydroxylation is 3. The minimum absolute atomic E-state index is 0.292. The molecular weight excluding hydrogens is 392 g/mol. The number of carbonyl (C=O) groups is 1. The number of rotatable bonds is 6. The topological polar surface area (TPSA) is 52.8 Å². The summed E-state index contributed by atoms with van der Waals surface area (Å²) in [7, 11) is 3.12. The Morgan fingerprint density at radius 2 is 1.89 bits per heavy atom. The summed E-state index contributed by atoms with van der Waals surface area (Å²) in [6.07, 6.45) is 2.08. The summed E-state index contributed by atoms with van der Waals surface area (Å²) in [5, 5.41) is 0. The van der Waals surface area contributed by atoms with E-state index >= 15 is 0 Å². The molecule has 0 saturated carbocycles. The van der Waals surface area contributed by atoms with Crippen LogP contribution < -0.4 is 14.3 Å². The fraction of sp³-hybridized carbons (Fsp3) is 0.333. The van der Waals surface area contributed by atoms with Crippen molar-refractivity contribution >= 4 is 39.2 Å². The van der Waals surface area contributed by atoms with Crippen LogP contribution in [-0.4, -0.2) is 36.7 Å². The van der Waals surface area contributed by atoms with Crippen LogP contribution in [0.1, 0.15) is 21.5 Å². The molecule has 0 aliphatic heterocycles. The van der Waals surface area contributed by atoms with E-state index in [9.17, 15) is 4.79 Å². The largest absolute Gasteiger partial charge is 0.493 e. The number of fused-ring (bicyclic) bond motifs is 1. The van der Waals surface area contributed by atoms with Gasteiger partial charge >= 0.3 is 0 Å². The fourth-order valence-electron chi connectivity index (χ4n) is 3.12. The first-order valence-corrected chi connectivity index (χ1v) is 11.1. The Kier molecular flexibility index (Phi) is 6.46. The van der Waals surface area contributed by atoms with Crippen LogP contribution in [0.2, 0.25) is 0 Å². The van der Waals surface area contributed by atoms with Crippen LogP contribution in [0.4, 0.5) is 0 Å². The van der Waals surface area contributed by atoms with Gasteiger partial charge in [-0.25, -0.2) is 0 Å². The highest BCUT2D eigenvalue weighted by atomic mass is 32.2. The number of thioether (sulfide) groups is 1. The molecule has 1 aromatic heterocycles. The van der Waals surface area contributed by atoms with Crippen molar-refractivity contribution in [3.8, 4) is 11.5 Å². The van der Waals surface area contributed by atoms with Crippen LogP contribution in [-0.2, 0) is 6.54 Å². The Morgan fingerprint density at radius 3 is 2.57 bits per heavy atom. The molecule has 148 valence electrons. The molecule has 0 atom stereocenters. The molecule has 0 spiro atoms. The van der Waals surface area contributed by atoms with E-state index in [1.54, 1.807) is 55.5 Å². The average molecular weight is 417 g/mol. The molecule has 0 aliphatic carbocycles. The number of hydrogen-bond acceptors (Lipinski definition) is 5. The number of carbonyl (C=O) groups excluding carboxylic acids is 1. The lowest BCUT2D eigenvalue weighted by Crippen LogP contribution is -2.18. The van der Waals surface area contributed by atoms with Crippen molar-refractivity contribution in [3.05, 3.63) is 51.8 Å². The zero-order valence-electron chi connectivity index (χ0n) is 16.7. The Balaban J connectivity index is 2.12. The molecule has 0 aliphatic rings. The molecule has 0 fully saturated rings. The molecule has 0 bridgehead atoms. The standard InChI is InChI=1S/C21H24N2O3S2/c1-13-10-14(2)19-16(11-13)23(8-9-27-5)21(28-19)22-20(24)15-6-7-17(25-3)18(12-15)26-4/h6-7,10-12H,8-9H2,1-5H3. The van der Waals surface area contributed by atoms with Gasteiger partial charge in [-0.15, -0.1) is 0 Å². The van der Waals surface area contributed by atoms with Gasteiger partial charge in [0.25, 0.3) is 5.91 Å². The van der Waals surface area contributed by atoms with E-state index in [1.807, 2.05) is 0 Å². The first-order chi connectivity index (χ1) is 13.5. The van der Waals surface area contributed by atoms with Gasteiger partial charge in [0.15, 0.2) is 16.3 Å². The van der Waals surface area contributed by atoms with Gasteiger partial charge < -0.3 is 14.0 Å². The van der Waals surface area contributed by atoms with Crippen LogP contribution >= 0.6 is 23.1 Å². The van der Waals surface area contributed by atoms with Crippen molar-refractivity contribution < 1.29 is 14.3 Å². The third kappa shape index (κ3) is 4.10. The van der Waals surface area contributed by atoms with Crippen LogP contribution in [0.3, 0.4) is 0 Å². The zero-order valence-corrected chi connectivity index (χ0v) is 18.4. The molecule has 1 heterocycles. The molecule has 1 amide bonds. The minimum atomic E-state index is -0.292. The molecule has 0 saturated heterocycles. The maximum absolute atomic E-state index is 12.9. The highest BCUT2D eigenvalue weighted by Gasteiger charge is 2.13. The number of benzene rings is 2. The number of thiazole rings is 1. The molecule has 3 rings (SSSR count). The van der Waals surface area contributed by atoms with Crippen molar-refractivity contribution in [1.82, 2.24) is 4.57 Å². The quantitative estimate of drug-likeness (QED) is 0.596. The van der Waals surface area contributed by atoms with E-state index in [4.69, 9.17) is 9.47 Å². The monoisotopic (exact) mass is 416 g/mol. The first kappa shape index (κ1) is 20.5. The number of hydrogen-bond donors (Lipinski definition) is 0. The molecule has 28 heavy (non-hydrogen) atoms. The summed E-state index contributed by atoms with van der Waals surface area (Å²) in [6.45, 7) is 5.00. The maximum Gasteiger partial charge on any atom is 0.279 e. The fourth-order valence-corrected chi connectivity index (χ4v) is 4.59. The number of ether oxygens (including phenoxy) is 2. The Bertz CT molecular complexity index is 1080. The van der Waals surface area contributed by atoms with E-state index < -0.39 is 0 Å². The third-order valence-electron chi connectivity index (χ3n) is 4.46. The second-order valence-corrected chi connectivity index (χ2v) is 8.41. The smallest absolute Gasteiger partial charge is 0.279 e. The summed E-state index contributed by atoms with van der Waals surface area (Å²) >= 11 is 3.34. The van der Waals surface area contributed by atoms with E-state index in [0.29, 0.717) is 17.1 Å². The number of methoxy groups -OCH3 is 2. The summed E-state index contributed by atoms with van der Waals surface area (Å²) in [5.41, 5.74) is 4.02. The SMILES string of the molecule is COc1ccc(C(=O)N=c2sc3c(C)cc(C)cc3n2CCSC)cc1OC. The van der Waals surface area contributed by atoms with Gasteiger partial charge in [0, 0.05) is 17.9 Å². The predicted octanol–water partition coefficient (Wildman–Crippen LogP) is 4.44. The molecule has 0 radical (unpaired) electrons. The number of amides is 1. The lowest BCUT2D eigenvalue weighted by molar-refractivity contribution is 0.0997. The number of aromatic nitrogens is 1. The molecule has 7 heteroatoms. The summed E-state index contributed by atoms with van der Waals surface area (Å²) in [5.74, 6) is 1.76. The average Bonchev–Trinajstić information content (AvgIpc) is 3.02. The highest BCUT2D eigenvalue weighted by Crippen LogP contribution is 2.28. The second-order valence-electron chi connectivity index (χ2n) is 6.45. The molecule has 0 N–H and O–H groups in total. The zero-order chi connectivity index (χ0) is 20.3. The van der Waals surface area contributed by atoms with E-state index in [-0.39, 0.29) is 5.91 Å². The van der Waals surface area contributed by atoms with Crippen molar-refractivity contribution in [1.29, 1.82) is 0 Å².